The van der Waals surface area contributed by atoms with Crippen molar-refractivity contribution in [3.8, 4) is 11.4 Å². The van der Waals surface area contributed by atoms with Crippen LogP contribution >= 0.6 is 11.3 Å². The number of thiazole rings is 1. The van der Waals surface area contributed by atoms with E-state index in [9.17, 15) is 9.50 Å². The number of anilines is 1. The fourth-order valence-electron chi connectivity index (χ4n) is 4.59. The average molecular weight is 432 g/mol. The highest BCUT2D eigenvalue weighted by molar-refractivity contribution is 7.22. The minimum atomic E-state index is -0.845. The summed E-state index contributed by atoms with van der Waals surface area (Å²) in [7, 11) is 0. The maximum atomic E-state index is 14.4. The minimum absolute atomic E-state index is 0.0140. The van der Waals surface area contributed by atoms with Crippen molar-refractivity contribution in [2.75, 3.05) is 31.6 Å². The third-order valence-corrected chi connectivity index (χ3v) is 6.82. The van der Waals surface area contributed by atoms with E-state index in [2.05, 4.69) is 20.3 Å². The predicted octanol–water partition coefficient (Wildman–Crippen LogP) is 3.42. The van der Waals surface area contributed by atoms with Gasteiger partial charge in [0.05, 0.1) is 17.5 Å². The Kier molecular flexibility index (Phi) is 5.12. The first-order valence-corrected chi connectivity index (χ1v) is 11.2. The third-order valence-electron chi connectivity index (χ3n) is 5.91. The molecule has 3 atom stereocenters. The summed E-state index contributed by atoms with van der Waals surface area (Å²) in [6, 6.07) is 4.08. The Morgan fingerprint density at radius 1 is 1.30 bits per heavy atom. The first kappa shape index (κ1) is 19.7. The summed E-state index contributed by atoms with van der Waals surface area (Å²) >= 11 is 1.50. The Hall–Kier alpha value is -2.23. The molecular formula is C21H26FN5O2S. The van der Waals surface area contributed by atoms with Crippen LogP contribution in [0.4, 0.5) is 9.52 Å². The molecule has 3 aromatic rings. The van der Waals surface area contributed by atoms with E-state index in [1.165, 1.54) is 11.3 Å². The van der Waals surface area contributed by atoms with E-state index >= 15 is 0 Å². The van der Waals surface area contributed by atoms with E-state index in [1.54, 1.807) is 10.7 Å². The lowest BCUT2D eigenvalue weighted by atomic mass is 10.0. The van der Waals surface area contributed by atoms with Crippen LogP contribution in [0.15, 0.2) is 18.3 Å². The Morgan fingerprint density at radius 2 is 2.17 bits per heavy atom. The second kappa shape index (κ2) is 7.79. The van der Waals surface area contributed by atoms with E-state index in [1.807, 2.05) is 26.1 Å². The molecule has 2 unspecified atom stereocenters. The number of aromatic nitrogens is 3. The number of nitrogens with zero attached hydrogens (tertiary/aromatic N) is 4. The third kappa shape index (κ3) is 3.77. The molecule has 5 rings (SSSR count). The van der Waals surface area contributed by atoms with Crippen LogP contribution in [0.5, 0.6) is 5.75 Å². The molecule has 0 radical (unpaired) electrons. The van der Waals surface area contributed by atoms with E-state index in [4.69, 9.17) is 4.74 Å². The van der Waals surface area contributed by atoms with Crippen LogP contribution in [-0.4, -0.2) is 69.3 Å². The first-order chi connectivity index (χ1) is 14.5. The predicted molar refractivity (Wildman–Crippen MR) is 116 cm³/mol. The number of phenolic OH excluding ortho intramolecular Hbond substituents is 1. The summed E-state index contributed by atoms with van der Waals surface area (Å²) in [6.07, 6.45) is 2.50. The SMILES string of the molecule is Cc1cc(C)c(-n2cc3sc(NC4C[C@@H](F)CN(C5CCOC5)C4)nc3n2)c(O)c1. The Bertz CT molecular complexity index is 1010. The molecule has 2 saturated heterocycles. The molecule has 7 nitrogen and oxygen atoms in total. The minimum Gasteiger partial charge on any atom is -0.506 e. The molecule has 9 heteroatoms. The van der Waals surface area contributed by atoms with Gasteiger partial charge in [0.15, 0.2) is 10.8 Å². The highest BCUT2D eigenvalue weighted by Gasteiger charge is 2.33. The molecule has 2 fully saturated rings. The number of phenols is 1. The zero-order valence-corrected chi connectivity index (χ0v) is 18.0. The van der Waals surface area contributed by atoms with Gasteiger partial charge in [0.1, 0.15) is 17.6 Å². The van der Waals surface area contributed by atoms with Crippen LogP contribution in [0.3, 0.4) is 0 Å². The number of piperidine rings is 1. The van der Waals surface area contributed by atoms with Crippen LogP contribution in [0.1, 0.15) is 24.0 Å². The van der Waals surface area contributed by atoms with Gasteiger partial charge in [0.2, 0.25) is 0 Å². The molecule has 2 N–H and O–H groups in total. The molecule has 1 aromatic carbocycles. The van der Waals surface area contributed by atoms with Crippen molar-refractivity contribution >= 4 is 26.8 Å². The summed E-state index contributed by atoms with van der Waals surface area (Å²) in [4.78, 5) is 6.82. The molecule has 2 aromatic heterocycles. The number of hydrogen-bond acceptors (Lipinski definition) is 7. The highest BCUT2D eigenvalue weighted by Crippen LogP contribution is 2.32. The van der Waals surface area contributed by atoms with Gasteiger partial charge >= 0.3 is 0 Å². The van der Waals surface area contributed by atoms with Gasteiger partial charge < -0.3 is 15.2 Å². The van der Waals surface area contributed by atoms with Gasteiger partial charge in [-0.25, -0.2) is 9.07 Å². The fourth-order valence-corrected chi connectivity index (χ4v) is 5.49. The fraction of sp³-hybridized carbons (Fsp3) is 0.524. The molecule has 0 amide bonds. The van der Waals surface area contributed by atoms with Crippen molar-refractivity contribution < 1.29 is 14.2 Å². The second-order valence-electron chi connectivity index (χ2n) is 8.38. The van der Waals surface area contributed by atoms with Crippen molar-refractivity contribution in [3.63, 3.8) is 0 Å². The van der Waals surface area contributed by atoms with Gasteiger partial charge in [0.25, 0.3) is 0 Å². The first-order valence-electron chi connectivity index (χ1n) is 10.4. The van der Waals surface area contributed by atoms with Gasteiger partial charge in [-0.15, -0.1) is 5.10 Å². The van der Waals surface area contributed by atoms with Crippen LogP contribution in [-0.2, 0) is 4.74 Å². The summed E-state index contributed by atoms with van der Waals surface area (Å²) in [5, 5.41) is 19.1. The van der Waals surface area contributed by atoms with E-state index in [0.29, 0.717) is 36.9 Å². The van der Waals surface area contributed by atoms with Crippen molar-refractivity contribution in [1.82, 2.24) is 19.7 Å². The number of rotatable bonds is 4. The molecule has 30 heavy (non-hydrogen) atoms. The smallest absolute Gasteiger partial charge is 0.194 e. The van der Waals surface area contributed by atoms with E-state index in [0.717, 1.165) is 40.5 Å². The number of likely N-dealkylation sites (tertiary alicyclic amines) is 1. The number of fused-ring (bicyclic) bond motifs is 1. The molecule has 4 heterocycles. The molecular weight excluding hydrogens is 405 g/mol. The second-order valence-corrected chi connectivity index (χ2v) is 9.41. The molecule has 2 aliphatic heterocycles. The average Bonchev–Trinajstić information content (AvgIpc) is 3.37. The van der Waals surface area contributed by atoms with Crippen molar-refractivity contribution in [2.24, 2.45) is 0 Å². The number of aromatic hydroxyl groups is 1. The van der Waals surface area contributed by atoms with E-state index in [-0.39, 0.29) is 11.8 Å². The summed E-state index contributed by atoms with van der Waals surface area (Å²) in [6.45, 7) is 6.64. The van der Waals surface area contributed by atoms with Crippen LogP contribution in [0.25, 0.3) is 16.0 Å². The van der Waals surface area contributed by atoms with Crippen LogP contribution in [0.2, 0.25) is 0 Å². The summed E-state index contributed by atoms with van der Waals surface area (Å²) in [5.74, 6) is 0.202. The van der Waals surface area contributed by atoms with Crippen molar-refractivity contribution in [1.29, 1.82) is 0 Å². The molecule has 0 aliphatic carbocycles. The highest BCUT2D eigenvalue weighted by atomic mass is 32.1. The topological polar surface area (TPSA) is 75.4 Å². The lowest BCUT2D eigenvalue weighted by molar-refractivity contribution is 0.0799. The zero-order valence-electron chi connectivity index (χ0n) is 17.1. The number of ether oxygens (including phenoxy) is 1. The number of halogens is 1. The number of benzene rings is 1. The zero-order chi connectivity index (χ0) is 20.8. The van der Waals surface area contributed by atoms with Gasteiger partial charge in [-0.3, -0.25) is 4.90 Å². The quantitative estimate of drug-likeness (QED) is 0.659. The molecule has 0 spiro atoms. The number of nitrogens with one attached hydrogen (secondary N) is 1. The van der Waals surface area contributed by atoms with Gasteiger partial charge in [-0.1, -0.05) is 17.4 Å². The number of hydrogen-bond donors (Lipinski definition) is 2. The van der Waals surface area contributed by atoms with Crippen LogP contribution < -0.4 is 5.32 Å². The van der Waals surface area contributed by atoms with Gasteiger partial charge in [-0.05, 0) is 37.5 Å². The summed E-state index contributed by atoms with van der Waals surface area (Å²) < 4.78 is 22.4. The van der Waals surface area contributed by atoms with Gasteiger partial charge in [0, 0.05) is 38.2 Å². The maximum absolute atomic E-state index is 14.4. The van der Waals surface area contributed by atoms with Crippen LogP contribution in [0, 0.1) is 13.8 Å². The van der Waals surface area contributed by atoms with E-state index < -0.39 is 6.17 Å². The standard InChI is InChI=1S/C21H26FN5O2S/c1-12-5-13(2)19(17(28)6-12)27-10-18-20(25-27)24-21(30-18)23-15-7-14(22)8-26(9-15)16-3-4-29-11-16/h5-6,10,14-16,28H,3-4,7-9,11H2,1-2H3,(H,23,24,25)/t14-,15?,16?/m1/s1. The number of aryl methyl sites for hydroxylation is 2. The van der Waals surface area contributed by atoms with Crippen molar-refractivity contribution in [3.05, 3.63) is 29.5 Å². The Balaban J connectivity index is 1.33. The largest absolute Gasteiger partial charge is 0.506 e. The van der Waals surface area contributed by atoms with Crippen molar-refractivity contribution in [2.45, 2.75) is 44.9 Å². The lowest BCUT2D eigenvalue weighted by Gasteiger charge is -2.38. The molecule has 0 saturated carbocycles. The monoisotopic (exact) mass is 431 g/mol. The summed E-state index contributed by atoms with van der Waals surface area (Å²) in [5.41, 5.74) is 3.25. The number of alkyl halides is 1. The Morgan fingerprint density at radius 3 is 2.90 bits per heavy atom. The van der Waals surface area contributed by atoms with Gasteiger partial charge in [-0.2, -0.15) is 4.98 Å². The lowest BCUT2D eigenvalue weighted by Crippen LogP contribution is -2.51. The molecule has 0 bridgehead atoms. The normalized spacial score (nSPS) is 25.2. The Labute approximate surface area is 178 Å². The molecule has 160 valence electrons. The maximum Gasteiger partial charge on any atom is 0.194 e. The molecule has 2 aliphatic rings.